The Morgan fingerprint density at radius 3 is 2.66 bits per heavy atom. The van der Waals surface area contributed by atoms with Gasteiger partial charge in [0.15, 0.2) is 12.4 Å². The summed E-state index contributed by atoms with van der Waals surface area (Å²) in [5.41, 5.74) is 1.46. The highest BCUT2D eigenvalue weighted by atomic mass is 79.9. The van der Waals surface area contributed by atoms with Crippen LogP contribution in [0.2, 0.25) is 5.02 Å². The minimum absolute atomic E-state index is 0.176. The largest absolute Gasteiger partial charge is 0.479 e. The van der Waals surface area contributed by atoms with Crippen LogP contribution in [0.5, 0.6) is 5.75 Å². The van der Waals surface area contributed by atoms with Gasteiger partial charge in [0.2, 0.25) is 0 Å². The van der Waals surface area contributed by atoms with E-state index in [9.17, 15) is 14.4 Å². The number of fused-ring (bicyclic) bond motifs is 1. The number of aliphatic carboxylic acids is 1. The molecule has 1 aliphatic heterocycles. The number of hydrogen-bond donors (Lipinski definition) is 1. The molecular formula is C23H15BrClNO5S. The van der Waals surface area contributed by atoms with Crippen LogP contribution in [0.15, 0.2) is 64.0 Å². The molecule has 32 heavy (non-hydrogen) atoms. The number of imide groups is 1. The van der Waals surface area contributed by atoms with Gasteiger partial charge < -0.3 is 9.84 Å². The molecule has 0 spiro atoms. The van der Waals surface area contributed by atoms with E-state index in [-0.39, 0.29) is 33.4 Å². The van der Waals surface area contributed by atoms with Crippen molar-refractivity contribution in [3.8, 4) is 5.75 Å². The van der Waals surface area contributed by atoms with Crippen molar-refractivity contribution < 1.29 is 24.2 Å². The van der Waals surface area contributed by atoms with Gasteiger partial charge in [0.05, 0.1) is 20.9 Å². The Hall–Kier alpha value is -2.81. The van der Waals surface area contributed by atoms with Gasteiger partial charge in [-0.3, -0.25) is 14.5 Å². The molecular weight excluding hydrogens is 518 g/mol. The summed E-state index contributed by atoms with van der Waals surface area (Å²) in [7, 11) is 0. The third kappa shape index (κ3) is 4.67. The van der Waals surface area contributed by atoms with E-state index in [2.05, 4.69) is 15.9 Å². The predicted octanol–water partition coefficient (Wildman–Crippen LogP) is 5.96. The summed E-state index contributed by atoms with van der Waals surface area (Å²) >= 11 is 10.4. The SMILES string of the molecule is O=C(O)COc1c(Cl)cc(/C=C2/SC(=O)N(Cc3cccc4ccccc34)C2=O)cc1Br. The molecule has 3 aromatic rings. The number of benzene rings is 3. The van der Waals surface area contributed by atoms with Crippen LogP contribution in [0.4, 0.5) is 4.79 Å². The van der Waals surface area contributed by atoms with E-state index in [1.54, 1.807) is 18.2 Å². The van der Waals surface area contributed by atoms with Crippen LogP contribution in [0, 0.1) is 0 Å². The van der Waals surface area contributed by atoms with E-state index >= 15 is 0 Å². The number of rotatable bonds is 6. The van der Waals surface area contributed by atoms with Gasteiger partial charge in [-0.15, -0.1) is 0 Å². The Kier molecular flexibility index (Phi) is 6.55. The zero-order valence-corrected chi connectivity index (χ0v) is 19.5. The molecule has 6 nitrogen and oxygen atoms in total. The van der Waals surface area contributed by atoms with Crippen LogP contribution in [-0.4, -0.2) is 33.7 Å². The standard InChI is InChI=1S/C23H15BrClNO5S/c24-17-8-13(9-18(25)21(17)31-12-20(27)28)10-19-22(29)26(23(30)32-19)11-15-6-3-5-14-4-1-2-7-16(14)15/h1-10H,11-12H2,(H,27,28)/b19-10+. The third-order valence-corrected chi connectivity index (χ3v) is 6.52. The molecule has 1 N–H and O–H groups in total. The van der Waals surface area contributed by atoms with Gasteiger partial charge in [-0.25, -0.2) is 4.79 Å². The van der Waals surface area contributed by atoms with E-state index in [4.69, 9.17) is 21.4 Å². The quantitative estimate of drug-likeness (QED) is 0.395. The highest BCUT2D eigenvalue weighted by Crippen LogP contribution is 2.38. The van der Waals surface area contributed by atoms with Gasteiger partial charge in [0.25, 0.3) is 11.1 Å². The molecule has 162 valence electrons. The first kappa shape index (κ1) is 22.4. The van der Waals surface area contributed by atoms with Crippen molar-refractivity contribution in [2.45, 2.75) is 6.54 Å². The Labute approximate surface area is 200 Å². The second kappa shape index (κ2) is 9.36. The lowest BCUT2D eigenvalue weighted by atomic mass is 10.0. The lowest BCUT2D eigenvalue weighted by molar-refractivity contribution is -0.139. The molecule has 0 radical (unpaired) electrons. The molecule has 2 amide bonds. The number of nitrogens with zero attached hydrogens (tertiary/aromatic N) is 1. The van der Waals surface area contributed by atoms with Gasteiger partial charge in [-0.05, 0) is 67.8 Å². The molecule has 0 aromatic heterocycles. The summed E-state index contributed by atoms with van der Waals surface area (Å²) in [5, 5.41) is 10.6. The van der Waals surface area contributed by atoms with Crippen LogP contribution in [0.3, 0.4) is 0 Å². The summed E-state index contributed by atoms with van der Waals surface area (Å²) in [4.78, 5) is 37.8. The van der Waals surface area contributed by atoms with E-state index in [1.165, 1.54) is 4.90 Å². The molecule has 4 rings (SSSR count). The van der Waals surface area contributed by atoms with Crippen molar-refractivity contribution in [3.05, 3.63) is 80.1 Å². The average Bonchev–Trinajstić information content (AvgIpc) is 3.00. The van der Waals surface area contributed by atoms with Crippen molar-refractivity contribution in [3.63, 3.8) is 0 Å². The second-order valence-corrected chi connectivity index (χ2v) is 9.16. The van der Waals surface area contributed by atoms with Crippen molar-refractivity contribution in [1.82, 2.24) is 4.90 Å². The molecule has 0 bridgehead atoms. The van der Waals surface area contributed by atoms with Crippen molar-refractivity contribution in [1.29, 1.82) is 0 Å². The zero-order chi connectivity index (χ0) is 22.8. The fourth-order valence-electron chi connectivity index (χ4n) is 3.32. The number of hydrogen-bond acceptors (Lipinski definition) is 5. The molecule has 0 atom stereocenters. The van der Waals surface area contributed by atoms with Crippen LogP contribution in [0.25, 0.3) is 16.8 Å². The zero-order valence-electron chi connectivity index (χ0n) is 16.4. The maximum absolute atomic E-state index is 13.0. The van der Waals surface area contributed by atoms with Gasteiger partial charge in [0, 0.05) is 0 Å². The fourth-order valence-corrected chi connectivity index (χ4v) is 5.15. The summed E-state index contributed by atoms with van der Waals surface area (Å²) in [6.45, 7) is -0.361. The second-order valence-electron chi connectivity index (χ2n) is 6.90. The molecule has 1 heterocycles. The monoisotopic (exact) mass is 531 g/mol. The van der Waals surface area contributed by atoms with E-state index < -0.39 is 12.6 Å². The molecule has 1 saturated heterocycles. The molecule has 0 aliphatic carbocycles. The van der Waals surface area contributed by atoms with E-state index in [0.717, 1.165) is 28.1 Å². The first-order chi connectivity index (χ1) is 15.3. The van der Waals surface area contributed by atoms with Crippen molar-refractivity contribution in [2.75, 3.05) is 6.61 Å². The molecule has 3 aromatic carbocycles. The molecule has 0 unspecified atom stereocenters. The van der Waals surface area contributed by atoms with Crippen LogP contribution in [-0.2, 0) is 16.1 Å². The Balaban J connectivity index is 1.58. The summed E-state index contributed by atoms with van der Waals surface area (Å²) in [6.07, 6.45) is 1.58. The number of carboxylic acid groups (broad SMARTS) is 1. The van der Waals surface area contributed by atoms with Crippen LogP contribution < -0.4 is 4.74 Å². The third-order valence-electron chi connectivity index (χ3n) is 4.74. The molecule has 0 saturated carbocycles. The Bertz CT molecular complexity index is 1260. The minimum atomic E-state index is -1.13. The summed E-state index contributed by atoms with van der Waals surface area (Å²) < 4.78 is 5.61. The topological polar surface area (TPSA) is 83.9 Å². The highest BCUT2D eigenvalue weighted by Gasteiger charge is 2.35. The van der Waals surface area contributed by atoms with Gasteiger partial charge in [-0.1, -0.05) is 54.1 Å². The van der Waals surface area contributed by atoms with Crippen LogP contribution >= 0.6 is 39.3 Å². The average molecular weight is 533 g/mol. The molecule has 9 heteroatoms. The summed E-state index contributed by atoms with van der Waals surface area (Å²) in [5.74, 6) is -1.32. The van der Waals surface area contributed by atoms with Gasteiger partial charge in [0.1, 0.15) is 0 Å². The van der Waals surface area contributed by atoms with Crippen molar-refractivity contribution >= 4 is 73.3 Å². The smallest absolute Gasteiger partial charge is 0.341 e. The number of carbonyl (C=O) groups excluding carboxylic acids is 2. The van der Waals surface area contributed by atoms with Gasteiger partial charge in [-0.2, -0.15) is 0 Å². The lowest BCUT2D eigenvalue weighted by Gasteiger charge is -2.14. The summed E-state index contributed by atoms with van der Waals surface area (Å²) in [6, 6.07) is 16.8. The molecule has 1 fully saturated rings. The van der Waals surface area contributed by atoms with E-state index in [0.29, 0.717) is 10.0 Å². The number of carboxylic acids is 1. The maximum Gasteiger partial charge on any atom is 0.341 e. The number of thioether (sulfide) groups is 1. The predicted molar refractivity (Wildman–Crippen MR) is 128 cm³/mol. The normalized spacial score (nSPS) is 15.1. The number of amides is 2. The first-order valence-electron chi connectivity index (χ1n) is 9.39. The Morgan fingerprint density at radius 2 is 1.91 bits per heavy atom. The highest BCUT2D eigenvalue weighted by molar-refractivity contribution is 9.10. The minimum Gasteiger partial charge on any atom is -0.479 e. The maximum atomic E-state index is 13.0. The first-order valence-corrected chi connectivity index (χ1v) is 11.4. The Morgan fingerprint density at radius 1 is 1.16 bits per heavy atom. The number of ether oxygens (including phenoxy) is 1. The van der Waals surface area contributed by atoms with Gasteiger partial charge >= 0.3 is 5.97 Å². The number of carbonyl (C=O) groups is 3. The molecule has 1 aliphatic rings. The number of halogens is 2. The fraction of sp³-hybridized carbons (Fsp3) is 0.0870. The van der Waals surface area contributed by atoms with Crippen LogP contribution in [0.1, 0.15) is 11.1 Å². The van der Waals surface area contributed by atoms with E-state index in [1.807, 2.05) is 42.5 Å². The lowest BCUT2D eigenvalue weighted by Crippen LogP contribution is -2.27. The van der Waals surface area contributed by atoms with Crippen molar-refractivity contribution in [2.24, 2.45) is 0 Å².